The summed E-state index contributed by atoms with van der Waals surface area (Å²) in [6, 6.07) is 2.34. The summed E-state index contributed by atoms with van der Waals surface area (Å²) >= 11 is 0. The van der Waals surface area contributed by atoms with E-state index in [0.29, 0.717) is 0 Å². The second kappa shape index (κ2) is 8.32. The highest BCUT2D eigenvalue weighted by Crippen LogP contribution is 2.35. The van der Waals surface area contributed by atoms with Gasteiger partial charge in [-0.15, -0.1) is 0 Å². The minimum absolute atomic E-state index is 0.135. The molecule has 1 aromatic carbocycles. The number of amides is 1. The van der Waals surface area contributed by atoms with Crippen LogP contribution in [0.15, 0.2) is 12.1 Å². The normalized spacial score (nSPS) is 12.7. The topological polar surface area (TPSA) is 117 Å². The molecule has 1 atom stereocenters. The lowest BCUT2D eigenvalue weighted by atomic mass is 9.98. The molecule has 0 fully saturated rings. The molecule has 0 bridgehead atoms. The van der Waals surface area contributed by atoms with Crippen molar-refractivity contribution in [3.05, 3.63) is 27.8 Å². The SMILES string of the molecule is CCOc1cc(C(=O)NC(C)(CC)C(=O)OC)c([N+](=O)[O-])cc1OC. The van der Waals surface area contributed by atoms with Crippen LogP contribution in [0.4, 0.5) is 5.69 Å². The minimum Gasteiger partial charge on any atom is -0.493 e. The van der Waals surface area contributed by atoms with Crippen LogP contribution in [-0.4, -0.2) is 43.2 Å². The molecule has 138 valence electrons. The maximum atomic E-state index is 12.6. The Morgan fingerprint density at radius 1 is 1.24 bits per heavy atom. The smallest absolute Gasteiger partial charge is 0.331 e. The number of nitro benzene ring substituents is 1. The average molecular weight is 354 g/mol. The Kier molecular flexibility index (Phi) is 6.72. The number of ether oxygens (including phenoxy) is 3. The molecule has 0 saturated heterocycles. The van der Waals surface area contributed by atoms with Crippen LogP contribution in [0.5, 0.6) is 11.5 Å². The fourth-order valence-electron chi connectivity index (χ4n) is 2.14. The first-order chi connectivity index (χ1) is 11.7. The number of esters is 1. The van der Waals surface area contributed by atoms with E-state index in [-0.39, 0.29) is 30.1 Å². The van der Waals surface area contributed by atoms with Gasteiger partial charge in [-0.05, 0) is 20.3 Å². The predicted octanol–water partition coefficient (Wildman–Crippen LogP) is 2.07. The van der Waals surface area contributed by atoms with Gasteiger partial charge < -0.3 is 19.5 Å². The Morgan fingerprint density at radius 3 is 2.32 bits per heavy atom. The Labute approximate surface area is 145 Å². The number of nitrogens with zero attached hydrogens (tertiary/aromatic N) is 1. The van der Waals surface area contributed by atoms with Crippen molar-refractivity contribution in [3.63, 3.8) is 0 Å². The molecule has 9 heteroatoms. The third-order valence-electron chi connectivity index (χ3n) is 3.76. The number of carbonyl (C=O) groups excluding carboxylic acids is 2. The van der Waals surface area contributed by atoms with Gasteiger partial charge in [-0.1, -0.05) is 6.92 Å². The third-order valence-corrected chi connectivity index (χ3v) is 3.76. The van der Waals surface area contributed by atoms with Crippen molar-refractivity contribution in [1.82, 2.24) is 5.32 Å². The lowest BCUT2D eigenvalue weighted by Crippen LogP contribution is -2.52. The average Bonchev–Trinajstić information content (AvgIpc) is 2.60. The first-order valence-electron chi connectivity index (χ1n) is 7.64. The van der Waals surface area contributed by atoms with Crippen LogP contribution >= 0.6 is 0 Å². The second-order valence-electron chi connectivity index (χ2n) is 5.34. The number of hydrogen-bond acceptors (Lipinski definition) is 7. The summed E-state index contributed by atoms with van der Waals surface area (Å²) in [5, 5.41) is 13.8. The van der Waals surface area contributed by atoms with Crippen LogP contribution in [0, 0.1) is 10.1 Å². The van der Waals surface area contributed by atoms with Gasteiger partial charge in [0.2, 0.25) is 0 Å². The van der Waals surface area contributed by atoms with Crippen LogP contribution in [0.1, 0.15) is 37.6 Å². The van der Waals surface area contributed by atoms with E-state index in [1.807, 2.05) is 0 Å². The number of rotatable bonds is 8. The van der Waals surface area contributed by atoms with Gasteiger partial charge >= 0.3 is 5.97 Å². The molecule has 1 rings (SSSR count). The molecule has 0 saturated carbocycles. The van der Waals surface area contributed by atoms with E-state index < -0.39 is 28.0 Å². The monoisotopic (exact) mass is 354 g/mol. The first-order valence-corrected chi connectivity index (χ1v) is 7.64. The zero-order valence-electron chi connectivity index (χ0n) is 14.9. The van der Waals surface area contributed by atoms with Gasteiger partial charge in [0.1, 0.15) is 11.1 Å². The van der Waals surface area contributed by atoms with Crippen molar-refractivity contribution in [1.29, 1.82) is 0 Å². The maximum absolute atomic E-state index is 12.6. The van der Waals surface area contributed by atoms with Crippen molar-refractivity contribution in [3.8, 4) is 11.5 Å². The van der Waals surface area contributed by atoms with Crippen LogP contribution in [0.25, 0.3) is 0 Å². The van der Waals surface area contributed by atoms with Gasteiger partial charge in [0.25, 0.3) is 11.6 Å². The molecule has 0 spiro atoms. The molecule has 1 aromatic rings. The van der Waals surface area contributed by atoms with Crippen molar-refractivity contribution in [2.75, 3.05) is 20.8 Å². The standard InChI is InChI=1S/C16H22N2O7/c1-6-16(3,15(20)24-5)17-14(19)10-8-13(25-7-2)12(23-4)9-11(10)18(21)22/h8-9H,6-7H2,1-5H3,(H,17,19). The zero-order chi connectivity index (χ0) is 19.2. The molecule has 9 nitrogen and oxygen atoms in total. The molecule has 0 aliphatic heterocycles. The van der Waals surface area contributed by atoms with Crippen LogP contribution in [0.3, 0.4) is 0 Å². The molecular weight excluding hydrogens is 332 g/mol. The van der Waals surface area contributed by atoms with E-state index in [1.54, 1.807) is 13.8 Å². The fraction of sp³-hybridized carbons (Fsp3) is 0.500. The summed E-state index contributed by atoms with van der Waals surface area (Å²) in [5.41, 5.74) is -2.01. The summed E-state index contributed by atoms with van der Waals surface area (Å²) < 4.78 is 15.1. The van der Waals surface area contributed by atoms with Crippen LogP contribution in [-0.2, 0) is 9.53 Å². The van der Waals surface area contributed by atoms with Crippen molar-refractivity contribution in [2.24, 2.45) is 0 Å². The highest BCUT2D eigenvalue weighted by atomic mass is 16.6. The molecule has 0 aromatic heterocycles. The lowest BCUT2D eigenvalue weighted by molar-refractivity contribution is -0.385. The molecule has 1 amide bonds. The van der Waals surface area contributed by atoms with E-state index in [1.165, 1.54) is 27.2 Å². The Balaban J connectivity index is 3.38. The Morgan fingerprint density at radius 2 is 1.88 bits per heavy atom. The fourth-order valence-corrected chi connectivity index (χ4v) is 2.14. The minimum atomic E-state index is -1.31. The quantitative estimate of drug-likeness (QED) is 0.431. The zero-order valence-corrected chi connectivity index (χ0v) is 14.9. The Bertz CT molecular complexity index is 675. The van der Waals surface area contributed by atoms with Gasteiger partial charge in [-0.3, -0.25) is 14.9 Å². The van der Waals surface area contributed by atoms with Crippen LogP contribution in [0.2, 0.25) is 0 Å². The van der Waals surface area contributed by atoms with Gasteiger partial charge in [0.15, 0.2) is 11.5 Å². The number of nitrogens with one attached hydrogen (secondary N) is 1. The van der Waals surface area contributed by atoms with Gasteiger partial charge in [-0.2, -0.15) is 0 Å². The lowest BCUT2D eigenvalue weighted by Gasteiger charge is -2.26. The molecule has 25 heavy (non-hydrogen) atoms. The largest absolute Gasteiger partial charge is 0.493 e. The third kappa shape index (κ3) is 4.37. The molecule has 0 heterocycles. The van der Waals surface area contributed by atoms with Crippen molar-refractivity contribution in [2.45, 2.75) is 32.7 Å². The summed E-state index contributed by atoms with van der Waals surface area (Å²) in [6.45, 7) is 5.18. The summed E-state index contributed by atoms with van der Waals surface area (Å²) in [5.74, 6) is -1.11. The molecule has 0 aliphatic rings. The Hall–Kier alpha value is -2.84. The predicted molar refractivity (Wildman–Crippen MR) is 89.0 cm³/mol. The number of nitro groups is 1. The van der Waals surface area contributed by atoms with Crippen LogP contribution < -0.4 is 14.8 Å². The van der Waals surface area contributed by atoms with E-state index in [0.717, 1.165) is 6.07 Å². The second-order valence-corrected chi connectivity index (χ2v) is 5.34. The number of carbonyl (C=O) groups is 2. The first kappa shape index (κ1) is 20.2. The number of methoxy groups -OCH3 is 2. The highest BCUT2D eigenvalue weighted by Gasteiger charge is 2.36. The molecule has 1 N–H and O–H groups in total. The maximum Gasteiger partial charge on any atom is 0.331 e. The molecule has 1 unspecified atom stereocenters. The summed E-state index contributed by atoms with van der Waals surface area (Å²) in [7, 11) is 2.54. The molecule has 0 radical (unpaired) electrons. The summed E-state index contributed by atoms with van der Waals surface area (Å²) in [6.07, 6.45) is 0.244. The molecule has 0 aliphatic carbocycles. The molecular formula is C16H22N2O7. The van der Waals surface area contributed by atoms with Crippen molar-refractivity contribution >= 4 is 17.6 Å². The van der Waals surface area contributed by atoms with E-state index in [9.17, 15) is 19.7 Å². The number of hydrogen-bond donors (Lipinski definition) is 1. The van der Waals surface area contributed by atoms with Gasteiger partial charge in [-0.25, -0.2) is 4.79 Å². The van der Waals surface area contributed by atoms with E-state index >= 15 is 0 Å². The van der Waals surface area contributed by atoms with E-state index in [4.69, 9.17) is 9.47 Å². The van der Waals surface area contributed by atoms with Crippen molar-refractivity contribution < 1.29 is 28.7 Å². The van der Waals surface area contributed by atoms with Gasteiger partial charge in [0, 0.05) is 6.07 Å². The summed E-state index contributed by atoms with van der Waals surface area (Å²) in [4.78, 5) is 35.1. The number of benzene rings is 1. The van der Waals surface area contributed by atoms with E-state index in [2.05, 4.69) is 10.1 Å². The van der Waals surface area contributed by atoms with Gasteiger partial charge in [0.05, 0.1) is 31.8 Å². The highest BCUT2D eigenvalue weighted by molar-refractivity contribution is 6.01.